The Morgan fingerprint density at radius 2 is 1.81 bits per heavy atom. The number of aromatic amines is 1. The molecule has 0 saturated carbocycles. The van der Waals surface area contributed by atoms with Crippen molar-refractivity contribution in [3.8, 4) is 11.3 Å². The zero-order chi connectivity index (χ0) is 25.2. The van der Waals surface area contributed by atoms with Crippen LogP contribution >= 0.6 is 0 Å². The van der Waals surface area contributed by atoms with E-state index in [1.54, 1.807) is 18.5 Å². The first-order valence-corrected chi connectivity index (χ1v) is 12.3. The Bertz CT molecular complexity index is 1360. The van der Waals surface area contributed by atoms with Gasteiger partial charge in [0, 0.05) is 58.1 Å². The molecule has 1 saturated heterocycles. The number of nitrogens with zero attached hydrogens (tertiary/aromatic N) is 5. The fourth-order valence-corrected chi connectivity index (χ4v) is 4.75. The number of piperazine rings is 1. The molecular weight excluding hydrogens is 455 g/mol. The van der Waals surface area contributed by atoms with E-state index in [1.165, 1.54) is 17.7 Å². The first kappa shape index (κ1) is 23.8. The molecule has 186 valence electrons. The molecule has 2 aromatic carbocycles. The maximum Gasteiger partial charge on any atom is 0.223 e. The van der Waals surface area contributed by atoms with Crippen LogP contribution in [0.3, 0.4) is 0 Å². The molecule has 0 unspecified atom stereocenters. The Hall–Kier alpha value is -3.94. The highest BCUT2D eigenvalue weighted by molar-refractivity contribution is 5.92. The first-order chi connectivity index (χ1) is 17.4. The number of fused-ring (bicyclic) bond motifs is 1. The molecule has 1 aliphatic rings. The molecule has 4 aromatic rings. The fourth-order valence-electron chi connectivity index (χ4n) is 4.75. The molecule has 7 nitrogen and oxygen atoms in total. The van der Waals surface area contributed by atoms with Crippen LogP contribution in [0.15, 0.2) is 60.9 Å². The van der Waals surface area contributed by atoms with Crippen molar-refractivity contribution < 1.29 is 9.18 Å². The predicted octanol–water partition coefficient (Wildman–Crippen LogP) is 4.67. The van der Waals surface area contributed by atoms with E-state index < -0.39 is 0 Å². The van der Waals surface area contributed by atoms with Crippen LogP contribution in [0.25, 0.3) is 22.3 Å². The highest BCUT2D eigenvalue weighted by atomic mass is 19.1. The van der Waals surface area contributed by atoms with Gasteiger partial charge in [-0.2, -0.15) is 0 Å². The number of nitrogens with one attached hydrogen (secondary N) is 1. The van der Waals surface area contributed by atoms with Crippen LogP contribution in [0.5, 0.6) is 0 Å². The van der Waals surface area contributed by atoms with Crippen molar-refractivity contribution in [2.75, 3.05) is 50.1 Å². The molecule has 0 bridgehead atoms. The highest BCUT2D eigenvalue weighted by Gasteiger charge is 2.25. The van der Waals surface area contributed by atoms with Gasteiger partial charge in [-0.15, -0.1) is 0 Å². The molecule has 0 aliphatic carbocycles. The number of anilines is 2. The summed E-state index contributed by atoms with van der Waals surface area (Å²) in [5.74, 6) is 0.928. The number of halogens is 1. The summed E-state index contributed by atoms with van der Waals surface area (Å²) in [6.07, 6.45) is 2.05. The van der Waals surface area contributed by atoms with Crippen LogP contribution in [0, 0.1) is 5.82 Å². The molecule has 3 heterocycles. The third-order valence-electron chi connectivity index (χ3n) is 6.93. The number of benzene rings is 2. The number of H-pyrrole nitrogens is 1. The molecule has 0 radical (unpaired) electrons. The number of aromatic nitrogens is 3. The number of hydrogen-bond donors (Lipinski definition) is 1. The third-order valence-corrected chi connectivity index (χ3v) is 6.93. The number of carbonyl (C=O) groups excluding carboxylic acids is 1. The molecule has 2 aromatic heterocycles. The molecule has 36 heavy (non-hydrogen) atoms. The van der Waals surface area contributed by atoms with Gasteiger partial charge in [-0.3, -0.25) is 4.79 Å². The second-order valence-electron chi connectivity index (χ2n) is 9.61. The highest BCUT2D eigenvalue weighted by Crippen LogP contribution is 2.30. The zero-order valence-corrected chi connectivity index (χ0v) is 20.9. The summed E-state index contributed by atoms with van der Waals surface area (Å²) < 4.78 is 13.3. The van der Waals surface area contributed by atoms with Gasteiger partial charge in [0.1, 0.15) is 23.6 Å². The average Bonchev–Trinajstić information content (AvgIpc) is 3.34. The average molecular weight is 487 g/mol. The lowest BCUT2D eigenvalue weighted by Crippen LogP contribution is -2.49. The van der Waals surface area contributed by atoms with Gasteiger partial charge >= 0.3 is 0 Å². The molecule has 1 aliphatic heterocycles. The third kappa shape index (κ3) is 4.89. The molecule has 8 heteroatoms. The standard InChI is InChI=1S/C28H31FN6O/c1-19(21-5-4-6-23(16-21)33(2)3)15-26(36)34-11-13-35(14-12-34)28-24-17-25(32-27(24)30-18-31-28)20-7-9-22(29)10-8-20/h4-10,16-19H,11-15H2,1-3H3,(H,30,31,32)/t19-/m1/s1. The van der Waals surface area contributed by atoms with E-state index in [-0.39, 0.29) is 17.6 Å². The number of rotatable bonds is 6. The minimum atomic E-state index is -0.265. The van der Waals surface area contributed by atoms with Gasteiger partial charge in [-0.1, -0.05) is 19.1 Å². The number of hydrogen-bond acceptors (Lipinski definition) is 5. The minimum absolute atomic E-state index is 0.154. The largest absolute Gasteiger partial charge is 0.378 e. The van der Waals surface area contributed by atoms with Gasteiger partial charge in [-0.05, 0) is 59.5 Å². The van der Waals surface area contributed by atoms with Gasteiger partial charge in [0.25, 0.3) is 0 Å². The normalized spacial score (nSPS) is 14.8. The predicted molar refractivity (Wildman–Crippen MR) is 142 cm³/mol. The summed E-state index contributed by atoms with van der Waals surface area (Å²) in [5, 5.41) is 0.922. The van der Waals surface area contributed by atoms with Crippen molar-refractivity contribution in [3.63, 3.8) is 0 Å². The summed E-state index contributed by atoms with van der Waals surface area (Å²) >= 11 is 0. The SMILES string of the molecule is C[C@H](CC(=O)N1CCN(c2ncnc3[nH]c(-c4ccc(F)cc4)cc23)CC1)c1cccc(N(C)C)c1. The van der Waals surface area contributed by atoms with Crippen LogP contribution in [-0.2, 0) is 4.79 Å². The van der Waals surface area contributed by atoms with E-state index in [9.17, 15) is 9.18 Å². The molecule has 1 N–H and O–H groups in total. The van der Waals surface area contributed by atoms with Crippen molar-refractivity contribution in [1.82, 2.24) is 19.9 Å². The Morgan fingerprint density at radius 1 is 1.06 bits per heavy atom. The maximum atomic E-state index is 13.3. The van der Waals surface area contributed by atoms with E-state index in [0.29, 0.717) is 32.6 Å². The second-order valence-corrected chi connectivity index (χ2v) is 9.61. The number of amides is 1. The Morgan fingerprint density at radius 3 is 2.53 bits per heavy atom. The molecule has 0 spiro atoms. The quantitative estimate of drug-likeness (QED) is 0.429. The maximum absolute atomic E-state index is 13.3. The van der Waals surface area contributed by atoms with Crippen molar-refractivity contribution in [3.05, 3.63) is 72.3 Å². The van der Waals surface area contributed by atoms with Crippen molar-refractivity contribution in [1.29, 1.82) is 0 Å². The minimum Gasteiger partial charge on any atom is -0.378 e. The summed E-state index contributed by atoms with van der Waals surface area (Å²) in [4.78, 5) is 31.6. The van der Waals surface area contributed by atoms with E-state index >= 15 is 0 Å². The lowest BCUT2D eigenvalue weighted by Gasteiger charge is -2.36. The molecule has 1 amide bonds. The lowest BCUT2D eigenvalue weighted by atomic mass is 9.96. The van der Waals surface area contributed by atoms with E-state index in [2.05, 4.69) is 55.9 Å². The molecular formula is C28H31FN6O. The Kier molecular flexibility index (Phi) is 6.59. The number of carbonyl (C=O) groups is 1. The summed E-state index contributed by atoms with van der Waals surface area (Å²) in [5.41, 5.74) is 4.82. The van der Waals surface area contributed by atoms with Crippen molar-refractivity contribution >= 4 is 28.4 Å². The smallest absolute Gasteiger partial charge is 0.223 e. The van der Waals surface area contributed by atoms with Gasteiger partial charge in [0.15, 0.2) is 0 Å². The molecule has 1 fully saturated rings. The van der Waals surface area contributed by atoms with Gasteiger partial charge in [-0.25, -0.2) is 14.4 Å². The summed E-state index contributed by atoms with van der Waals surface area (Å²) in [6, 6.07) is 16.8. The first-order valence-electron chi connectivity index (χ1n) is 12.3. The van der Waals surface area contributed by atoms with Crippen LogP contribution in [-0.4, -0.2) is 66.0 Å². The molecule has 1 atom stereocenters. The van der Waals surface area contributed by atoms with Crippen LogP contribution in [0.2, 0.25) is 0 Å². The van der Waals surface area contributed by atoms with Crippen LogP contribution in [0.1, 0.15) is 24.8 Å². The van der Waals surface area contributed by atoms with Crippen molar-refractivity contribution in [2.45, 2.75) is 19.3 Å². The van der Waals surface area contributed by atoms with E-state index in [1.807, 2.05) is 25.1 Å². The van der Waals surface area contributed by atoms with E-state index in [0.717, 1.165) is 33.8 Å². The Labute approximate surface area is 210 Å². The van der Waals surface area contributed by atoms with Gasteiger partial charge < -0.3 is 19.7 Å². The van der Waals surface area contributed by atoms with E-state index in [4.69, 9.17) is 0 Å². The van der Waals surface area contributed by atoms with Crippen molar-refractivity contribution in [2.24, 2.45) is 0 Å². The summed E-state index contributed by atoms with van der Waals surface area (Å²) in [7, 11) is 4.05. The van der Waals surface area contributed by atoms with Crippen LogP contribution in [0.4, 0.5) is 15.9 Å². The monoisotopic (exact) mass is 486 g/mol. The van der Waals surface area contributed by atoms with Gasteiger partial charge in [0.2, 0.25) is 5.91 Å². The fraction of sp³-hybridized carbons (Fsp3) is 0.321. The Balaban J connectivity index is 1.25. The van der Waals surface area contributed by atoms with Gasteiger partial charge in [0.05, 0.1) is 5.39 Å². The lowest BCUT2D eigenvalue weighted by molar-refractivity contribution is -0.131. The molecule has 5 rings (SSSR count). The topological polar surface area (TPSA) is 68.4 Å². The second kappa shape index (κ2) is 9.97. The van der Waals surface area contributed by atoms with Crippen LogP contribution < -0.4 is 9.80 Å². The summed E-state index contributed by atoms with van der Waals surface area (Å²) in [6.45, 7) is 4.85. The zero-order valence-electron chi connectivity index (χ0n) is 20.9.